The number of amides is 1. The van der Waals surface area contributed by atoms with E-state index in [1.807, 2.05) is 24.3 Å². The SMILES string of the molecule is Cc1[nH]c2ccccc2c1C(=O)OCC(=O)N(C1CCCC1)C1CCS(=O)(=O)C1. The molecule has 1 amide bonds. The van der Waals surface area contributed by atoms with E-state index in [2.05, 4.69) is 4.98 Å². The Labute approximate surface area is 170 Å². The van der Waals surface area contributed by atoms with Crippen LogP contribution >= 0.6 is 0 Å². The first kappa shape index (κ1) is 19.9. The van der Waals surface area contributed by atoms with Gasteiger partial charge in [-0.05, 0) is 32.3 Å². The number of aromatic amines is 1. The average Bonchev–Trinajstić information content (AvgIpc) is 3.39. The monoisotopic (exact) mass is 418 g/mol. The molecule has 2 fully saturated rings. The first-order valence-electron chi connectivity index (χ1n) is 10.1. The third kappa shape index (κ3) is 4.03. The van der Waals surface area contributed by atoms with Crippen molar-refractivity contribution in [2.75, 3.05) is 18.1 Å². The van der Waals surface area contributed by atoms with Crippen LogP contribution in [-0.2, 0) is 19.4 Å². The molecule has 1 atom stereocenters. The maximum atomic E-state index is 13.0. The molecule has 1 saturated heterocycles. The van der Waals surface area contributed by atoms with E-state index < -0.39 is 15.8 Å². The molecule has 1 aliphatic carbocycles. The van der Waals surface area contributed by atoms with Crippen LogP contribution in [0.1, 0.15) is 48.2 Å². The van der Waals surface area contributed by atoms with Gasteiger partial charge in [-0.1, -0.05) is 31.0 Å². The van der Waals surface area contributed by atoms with Gasteiger partial charge in [-0.3, -0.25) is 4.79 Å². The summed E-state index contributed by atoms with van der Waals surface area (Å²) in [6.07, 6.45) is 4.26. The Morgan fingerprint density at radius 2 is 1.86 bits per heavy atom. The summed E-state index contributed by atoms with van der Waals surface area (Å²) in [4.78, 5) is 30.6. The lowest BCUT2D eigenvalue weighted by Crippen LogP contribution is -2.48. The number of carbonyl (C=O) groups excluding carboxylic acids is 2. The summed E-state index contributed by atoms with van der Waals surface area (Å²) in [5.74, 6) is -0.726. The number of sulfone groups is 1. The highest BCUT2D eigenvalue weighted by Gasteiger charge is 2.39. The number of aromatic nitrogens is 1. The summed E-state index contributed by atoms with van der Waals surface area (Å²) in [7, 11) is -3.11. The van der Waals surface area contributed by atoms with Crippen LogP contribution in [0.25, 0.3) is 10.9 Å². The Balaban J connectivity index is 1.49. The topological polar surface area (TPSA) is 96.5 Å². The Morgan fingerprint density at radius 3 is 2.55 bits per heavy atom. The van der Waals surface area contributed by atoms with E-state index in [1.165, 1.54) is 0 Å². The molecule has 4 rings (SSSR count). The number of benzene rings is 1. The normalized spacial score (nSPS) is 21.5. The van der Waals surface area contributed by atoms with Gasteiger partial charge in [-0.15, -0.1) is 0 Å². The number of ether oxygens (including phenoxy) is 1. The van der Waals surface area contributed by atoms with Gasteiger partial charge in [-0.2, -0.15) is 0 Å². The third-order valence-corrected chi connectivity index (χ3v) is 7.78. The van der Waals surface area contributed by atoms with Crippen LogP contribution in [0.4, 0.5) is 0 Å². The van der Waals surface area contributed by atoms with Crippen molar-refractivity contribution < 1.29 is 22.7 Å². The van der Waals surface area contributed by atoms with Crippen molar-refractivity contribution in [1.82, 2.24) is 9.88 Å². The van der Waals surface area contributed by atoms with E-state index in [0.29, 0.717) is 17.7 Å². The van der Waals surface area contributed by atoms with Gasteiger partial charge in [0.05, 0.1) is 17.1 Å². The molecule has 0 bridgehead atoms. The van der Waals surface area contributed by atoms with Crippen LogP contribution in [0.2, 0.25) is 0 Å². The van der Waals surface area contributed by atoms with Crippen molar-refractivity contribution in [2.24, 2.45) is 0 Å². The largest absolute Gasteiger partial charge is 0.452 e. The number of hydrogen-bond acceptors (Lipinski definition) is 5. The van der Waals surface area contributed by atoms with Crippen LogP contribution in [0.15, 0.2) is 24.3 Å². The Bertz CT molecular complexity index is 1040. The maximum Gasteiger partial charge on any atom is 0.341 e. The van der Waals surface area contributed by atoms with Crippen LogP contribution in [-0.4, -0.2) is 60.4 Å². The predicted molar refractivity (Wildman–Crippen MR) is 109 cm³/mol. The highest BCUT2D eigenvalue weighted by atomic mass is 32.2. The van der Waals surface area contributed by atoms with Gasteiger partial charge in [0.2, 0.25) is 0 Å². The molecule has 1 saturated carbocycles. The van der Waals surface area contributed by atoms with Gasteiger partial charge in [0.1, 0.15) is 0 Å². The fourth-order valence-electron chi connectivity index (χ4n) is 4.70. The number of H-pyrrole nitrogens is 1. The maximum absolute atomic E-state index is 13.0. The number of nitrogens with one attached hydrogen (secondary N) is 1. The summed E-state index contributed by atoms with van der Waals surface area (Å²) in [6, 6.07) is 7.17. The van der Waals surface area contributed by atoms with Gasteiger partial charge < -0.3 is 14.6 Å². The number of para-hydroxylation sites is 1. The number of rotatable bonds is 5. The van der Waals surface area contributed by atoms with Crippen LogP contribution in [0.3, 0.4) is 0 Å². The number of nitrogens with zero attached hydrogens (tertiary/aromatic N) is 1. The molecular weight excluding hydrogens is 392 g/mol. The Hall–Kier alpha value is -2.35. The lowest BCUT2D eigenvalue weighted by atomic mass is 10.1. The molecular formula is C21H26N2O5S. The average molecular weight is 419 g/mol. The smallest absolute Gasteiger partial charge is 0.341 e. The minimum Gasteiger partial charge on any atom is -0.452 e. The molecule has 1 aliphatic heterocycles. The fourth-order valence-corrected chi connectivity index (χ4v) is 6.41. The predicted octanol–water partition coefficient (Wildman–Crippen LogP) is 2.59. The van der Waals surface area contributed by atoms with Crippen molar-refractivity contribution in [3.63, 3.8) is 0 Å². The van der Waals surface area contributed by atoms with Gasteiger partial charge in [0.15, 0.2) is 16.4 Å². The molecule has 1 unspecified atom stereocenters. The molecule has 1 aromatic heterocycles. The second-order valence-corrected chi connectivity index (χ2v) is 10.3. The number of esters is 1. The fraction of sp³-hybridized carbons (Fsp3) is 0.524. The molecule has 0 radical (unpaired) electrons. The number of fused-ring (bicyclic) bond motifs is 1. The zero-order valence-corrected chi connectivity index (χ0v) is 17.3. The number of carbonyl (C=O) groups is 2. The minimum atomic E-state index is -3.11. The Morgan fingerprint density at radius 1 is 1.14 bits per heavy atom. The first-order chi connectivity index (χ1) is 13.9. The molecule has 1 aromatic carbocycles. The molecule has 1 N–H and O–H groups in total. The second-order valence-electron chi connectivity index (χ2n) is 8.04. The number of hydrogen-bond donors (Lipinski definition) is 1. The van der Waals surface area contributed by atoms with Crippen LogP contribution in [0.5, 0.6) is 0 Å². The first-order valence-corrected chi connectivity index (χ1v) is 11.9. The van der Waals surface area contributed by atoms with Crippen LogP contribution in [0, 0.1) is 6.92 Å². The van der Waals surface area contributed by atoms with Crippen molar-refractivity contribution in [2.45, 2.75) is 51.1 Å². The zero-order chi connectivity index (χ0) is 20.6. The van der Waals surface area contributed by atoms with Crippen molar-refractivity contribution in [3.8, 4) is 0 Å². The highest BCUT2D eigenvalue weighted by molar-refractivity contribution is 7.91. The van der Waals surface area contributed by atoms with Crippen molar-refractivity contribution >= 4 is 32.6 Å². The Kier molecular flexibility index (Phi) is 5.38. The van der Waals surface area contributed by atoms with Gasteiger partial charge in [0.25, 0.3) is 5.91 Å². The summed E-state index contributed by atoms with van der Waals surface area (Å²) in [6.45, 7) is 1.43. The highest BCUT2D eigenvalue weighted by Crippen LogP contribution is 2.29. The minimum absolute atomic E-state index is 0.00471. The van der Waals surface area contributed by atoms with Gasteiger partial charge in [0, 0.05) is 28.7 Å². The molecule has 29 heavy (non-hydrogen) atoms. The van der Waals surface area contributed by atoms with Crippen molar-refractivity contribution in [1.29, 1.82) is 0 Å². The van der Waals surface area contributed by atoms with E-state index in [4.69, 9.17) is 4.74 Å². The summed E-state index contributed by atoms with van der Waals surface area (Å²) < 4.78 is 29.3. The van der Waals surface area contributed by atoms with E-state index >= 15 is 0 Å². The second kappa shape index (κ2) is 7.82. The third-order valence-electron chi connectivity index (χ3n) is 6.03. The zero-order valence-electron chi connectivity index (χ0n) is 16.5. The molecule has 156 valence electrons. The summed E-state index contributed by atoms with van der Waals surface area (Å²) in [5, 5.41) is 0.761. The molecule has 7 nitrogen and oxygen atoms in total. The quantitative estimate of drug-likeness (QED) is 0.753. The standard InChI is InChI=1S/C21H26N2O5S/c1-14-20(17-8-4-5-9-18(17)22-14)21(25)28-12-19(24)23(15-6-2-3-7-15)16-10-11-29(26,27)13-16/h4-5,8-9,15-16,22H,2-3,6-7,10-13H2,1H3. The molecule has 2 heterocycles. The number of aryl methyl sites for hydroxylation is 1. The van der Waals surface area contributed by atoms with E-state index in [-0.39, 0.29) is 36.1 Å². The lowest BCUT2D eigenvalue weighted by Gasteiger charge is -2.33. The lowest BCUT2D eigenvalue weighted by molar-refractivity contribution is -0.139. The summed E-state index contributed by atoms with van der Waals surface area (Å²) >= 11 is 0. The van der Waals surface area contributed by atoms with Gasteiger partial charge >= 0.3 is 5.97 Å². The van der Waals surface area contributed by atoms with Crippen LogP contribution < -0.4 is 0 Å². The molecule has 0 spiro atoms. The van der Waals surface area contributed by atoms with Crippen molar-refractivity contribution in [3.05, 3.63) is 35.5 Å². The van der Waals surface area contributed by atoms with E-state index in [9.17, 15) is 18.0 Å². The van der Waals surface area contributed by atoms with Gasteiger partial charge in [-0.25, -0.2) is 13.2 Å². The molecule has 2 aliphatic rings. The molecule has 8 heteroatoms. The van der Waals surface area contributed by atoms with E-state index in [1.54, 1.807) is 11.8 Å². The summed E-state index contributed by atoms with van der Waals surface area (Å²) in [5.41, 5.74) is 1.97. The molecule has 2 aromatic rings. The van der Waals surface area contributed by atoms with E-state index in [0.717, 1.165) is 36.6 Å².